The number of aliphatic hydroxyl groups is 1. The van der Waals surface area contributed by atoms with E-state index in [1.165, 1.54) is 0 Å². The molecule has 0 aromatic carbocycles. The van der Waals surface area contributed by atoms with Gasteiger partial charge in [0, 0.05) is 25.6 Å². The third-order valence-corrected chi connectivity index (χ3v) is 3.99. The van der Waals surface area contributed by atoms with Gasteiger partial charge >= 0.3 is 0 Å². The molecule has 0 saturated carbocycles. The third kappa shape index (κ3) is 2.64. The van der Waals surface area contributed by atoms with Gasteiger partial charge in [-0.2, -0.15) is 5.10 Å². The minimum atomic E-state index is -0.662. The molecule has 1 saturated heterocycles. The maximum atomic E-state index is 10.6. The number of nitrogens with zero attached hydrogens (tertiary/aromatic N) is 3. The van der Waals surface area contributed by atoms with Gasteiger partial charge in [-0.25, -0.2) is 0 Å². The summed E-state index contributed by atoms with van der Waals surface area (Å²) >= 11 is 6.21. The van der Waals surface area contributed by atoms with Gasteiger partial charge in [0.25, 0.3) is 0 Å². The predicted molar refractivity (Wildman–Crippen MR) is 68.3 cm³/mol. The monoisotopic (exact) mass is 257 g/mol. The zero-order valence-corrected chi connectivity index (χ0v) is 11.5. The molecular weight excluding hydrogens is 238 g/mol. The van der Waals surface area contributed by atoms with Crippen molar-refractivity contribution in [3.63, 3.8) is 0 Å². The van der Waals surface area contributed by atoms with E-state index in [1.54, 1.807) is 4.68 Å². The number of likely N-dealkylation sites (N-methyl/N-ethyl adjacent to an activating group) is 1. The van der Waals surface area contributed by atoms with Gasteiger partial charge in [-0.05, 0) is 33.4 Å². The van der Waals surface area contributed by atoms with Crippen LogP contribution in [0.5, 0.6) is 0 Å². The molecule has 4 nitrogen and oxygen atoms in total. The van der Waals surface area contributed by atoms with Crippen molar-refractivity contribution in [1.82, 2.24) is 14.7 Å². The number of hydrogen-bond acceptors (Lipinski definition) is 3. The van der Waals surface area contributed by atoms with E-state index in [-0.39, 0.29) is 0 Å². The molecule has 0 amide bonds. The van der Waals surface area contributed by atoms with E-state index in [1.807, 2.05) is 21.0 Å². The maximum absolute atomic E-state index is 10.6. The molecule has 1 aromatic rings. The van der Waals surface area contributed by atoms with Crippen LogP contribution in [0.4, 0.5) is 0 Å². The van der Waals surface area contributed by atoms with Gasteiger partial charge in [-0.3, -0.25) is 4.68 Å². The van der Waals surface area contributed by atoms with Crippen LogP contribution >= 0.6 is 11.6 Å². The number of aromatic nitrogens is 2. The maximum Gasteiger partial charge on any atom is 0.130 e. The molecule has 0 radical (unpaired) electrons. The van der Waals surface area contributed by atoms with Crippen molar-refractivity contribution in [2.24, 2.45) is 7.05 Å². The van der Waals surface area contributed by atoms with Crippen molar-refractivity contribution >= 4 is 11.6 Å². The van der Waals surface area contributed by atoms with Gasteiger partial charge in [0.05, 0.1) is 11.3 Å². The van der Waals surface area contributed by atoms with Crippen LogP contribution in [0.2, 0.25) is 5.15 Å². The third-order valence-electron chi connectivity index (χ3n) is 3.52. The SMILES string of the molecule is Cc1nn(C)c(Cl)c1CC1(O)CCCN(C)C1. The number of rotatable bonds is 2. The summed E-state index contributed by atoms with van der Waals surface area (Å²) in [4.78, 5) is 2.17. The van der Waals surface area contributed by atoms with Crippen LogP contribution in [0, 0.1) is 6.92 Å². The van der Waals surface area contributed by atoms with Crippen molar-refractivity contribution in [2.45, 2.75) is 31.8 Å². The zero-order chi connectivity index (χ0) is 12.6. The first kappa shape index (κ1) is 12.9. The lowest BCUT2D eigenvalue weighted by Gasteiger charge is -2.37. The number of halogens is 1. The van der Waals surface area contributed by atoms with Crippen molar-refractivity contribution in [1.29, 1.82) is 0 Å². The zero-order valence-electron chi connectivity index (χ0n) is 10.7. The van der Waals surface area contributed by atoms with Crippen LogP contribution < -0.4 is 0 Å². The number of aryl methyl sites for hydroxylation is 2. The lowest BCUT2D eigenvalue weighted by Crippen LogP contribution is -2.47. The summed E-state index contributed by atoms with van der Waals surface area (Å²) in [6, 6.07) is 0. The Kier molecular flexibility index (Phi) is 3.48. The summed E-state index contributed by atoms with van der Waals surface area (Å²) in [5, 5.41) is 15.5. The molecule has 2 heterocycles. The van der Waals surface area contributed by atoms with Crippen LogP contribution in [-0.4, -0.2) is 45.5 Å². The normalized spacial score (nSPS) is 26.4. The van der Waals surface area contributed by atoms with Crippen molar-refractivity contribution < 1.29 is 5.11 Å². The van der Waals surface area contributed by atoms with E-state index in [0.29, 0.717) is 18.1 Å². The molecule has 1 aliphatic heterocycles. The number of hydrogen-bond donors (Lipinski definition) is 1. The van der Waals surface area contributed by atoms with E-state index in [0.717, 1.165) is 30.6 Å². The highest BCUT2D eigenvalue weighted by Crippen LogP contribution is 2.29. The van der Waals surface area contributed by atoms with E-state index < -0.39 is 5.60 Å². The smallest absolute Gasteiger partial charge is 0.130 e. The number of piperidine rings is 1. The van der Waals surface area contributed by atoms with Gasteiger partial charge < -0.3 is 10.0 Å². The summed E-state index contributed by atoms with van der Waals surface area (Å²) in [5.74, 6) is 0. The highest BCUT2D eigenvalue weighted by Gasteiger charge is 2.33. The fraction of sp³-hybridized carbons (Fsp3) is 0.750. The fourth-order valence-electron chi connectivity index (χ4n) is 2.69. The molecule has 96 valence electrons. The Hall–Kier alpha value is -0.580. The molecule has 2 rings (SSSR count). The average molecular weight is 258 g/mol. The molecule has 0 spiro atoms. The number of β-amino-alcohol motifs (C(OH)–C–C–N with tert-alkyl or cyclic N) is 1. The van der Waals surface area contributed by atoms with Crippen LogP contribution in [0.25, 0.3) is 0 Å². The molecular formula is C12H20ClN3O. The first-order chi connectivity index (χ1) is 7.91. The van der Waals surface area contributed by atoms with Gasteiger partial charge in [0.1, 0.15) is 5.15 Å². The van der Waals surface area contributed by atoms with Crippen LogP contribution in [0.1, 0.15) is 24.1 Å². The van der Waals surface area contributed by atoms with Crippen molar-refractivity contribution in [3.05, 3.63) is 16.4 Å². The summed E-state index contributed by atoms with van der Waals surface area (Å²) in [7, 11) is 3.87. The van der Waals surface area contributed by atoms with Gasteiger partial charge in [0.2, 0.25) is 0 Å². The molecule has 1 aliphatic rings. The minimum Gasteiger partial charge on any atom is -0.388 e. The Labute approximate surface area is 107 Å². The highest BCUT2D eigenvalue weighted by molar-refractivity contribution is 6.30. The Morgan fingerprint density at radius 3 is 2.71 bits per heavy atom. The molecule has 1 atom stereocenters. The Morgan fingerprint density at radius 1 is 1.47 bits per heavy atom. The van der Waals surface area contributed by atoms with Crippen LogP contribution in [-0.2, 0) is 13.5 Å². The number of likely N-dealkylation sites (tertiary alicyclic amines) is 1. The van der Waals surface area contributed by atoms with Gasteiger partial charge in [-0.15, -0.1) is 0 Å². The largest absolute Gasteiger partial charge is 0.388 e. The van der Waals surface area contributed by atoms with Gasteiger partial charge in [0.15, 0.2) is 0 Å². The van der Waals surface area contributed by atoms with Crippen LogP contribution in [0.3, 0.4) is 0 Å². The Bertz CT molecular complexity index is 418. The Morgan fingerprint density at radius 2 is 2.18 bits per heavy atom. The quantitative estimate of drug-likeness (QED) is 0.870. The summed E-state index contributed by atoms with van der Waals surface area (Å²) in [6.45, 7) is 3.71. The molecule has 5 heteroatoms. The summed E-state index contributed by atoms with van der Waals surface area (Å²) in [6.07, 6.45) is 2.46. The lowest BCUT2D eigenvalue weighted by atomic mass is 9.87. The summed E-state index contributed by atoms with van der Waals surface area (Å²) < 4.78 is 1.67. The van der Waals surface area contributed by atoms with Crippen LogP contribution in [0.15, 0.2) is 0 Å². The van der Waals surface area contributed by atoms with E-state index in [2.05, 4.69) is 10.00 Å². The molecule has 0 aliphatic carbocycles. The second-order valence-electron chi connectivity index (χ2n) is 5.22. The minimum absolute atomic E-state index is 0.593. The molecule has 1 fully saturated rings. The predicted octanol–water partition coefficient (Wildman–Crippen LogP) is 1.38. The molecule has 1 unspecified atom stereocenters. The van der Waals surface area contributed by atoms with E-state index in [4.69, 9.17) is 11.6 Å². The summed E-state index contributed by atoms with van der Waals surface area (Å²) in [5.41, 5.74) is 1.23. The van der Waals surface area contributed by atoms with E-state index in [9.17, 15) is 5.11 Å². The first-order valence-corrected chi connectivity index (χ1v) is 6.38. The van der Waals surface area contributed by atoms with E-state index >= 15 is 0 Å². The second-order valence-corrected chi connectivity index (χ2v) is 5.58. The topological polar surface area (TPSA) is 41.3 Å². The van der Waals surface area contributed by atoms with Gasteiger partial charge in [-0.1, -0.05) is 11.6 Å². The molecule has 1 N–H and O–H groups in total. The second kappa shape index (κ2) is 4.59. The fourth-order valence-corrected chi connectivity index (χ4v) is 2.93. The molecule has 17 heavy (non-hydrogen) atoms. The van der Waals surface area contributed by atoms with Crippen molar-refractivity contribution in [3.8, 4) is 0 Å². The lowest BCUT2D eigenvalue weighted by molar-refractivity contribution is -0.0224. The van der Waals surface area contributed by atoms with Crippen molar-refractivity contribution in [2.75, 3.05) is 20.1 Å². The molecule has 1 aromatic heterocycles. The standard InChI is InChI=1S/C12H20ClN3O/c1-9-10(11(13)16(3)14-9)7-12(17)5-4-6-15(2)8-12/h17H,4-8H2,1-3H3. The highest BCUT2D eigenvalue weighted by atomic mass is 35.5. The Balaban J connectivity index is 2.19. The average Bonchev–Trinajstić information content (AvgIpc) is 2.44. The molecule has 0 bridgehead atoms. The first-order valence-electron chi connectivity index (χ1n) is 6.00.